The highest BCUT2D eigenvalue weighted by Crippen LogP contribution is 2.25. The molecule has 154 valence electrons. The van der Waals surface area contributed by atoms with Crippen molar-refractivity contribution in [3.8, 4) is 5.75 Å². The highest BCUT2D eigenvalue weighted by Gasteiger charge is 2.22. The van der Waals surface area contributed by atoms with Crippen LogP contribution in [0.2, 0.25) is 5.15 Å². The summed E-state index contributed by atoms with van der Waals surface area (Å²) in [5.41, 5.74) is 0.960. The van der Waals surface area contributed by atoms with Crippen molar-refractivity contribution in [3.05, 3.63) is 63.7 Å². The molecule has 0 bridgehead atoms. The Morgan fingerprint density at radius 3 is 2.52 bits per heavy atom. The molecule has 29 heavy (non-hydrogen) atoms. The van der Waals surface area contributed by atoms with Gasteiger partial charge in [-0.25, -0.2) is 13.4 Å². The van der Waals surface area contributed by atoms with Crippen LogP contribution < -0.4 is 10.3 Å². The van der Waals surface area contributed by atoms with Crippen LogP contribution in [0.25, 0.3) is 10.9 Å². The van der Waals surface area contributed by atoms with Crippen molar-refractivity contribution < 1.29 is 13.2 Å². The number of pyridine rings is 2. The second kappa shape index (κ2) is 8.52. The van der Waals surface area contributed by atoms with Crippen LogP contribution in [0.5, 0.6) is 5.75 Å². The molecule has 0 fully saturated rings. The van der Waals surface area contributed by atoms with E-state index in [0.717, 1.165) is 5.39 Å². The second-order valence-corrected chi connectivity index (χ2v) is 8.71. The number of halogens is 1. The Morgan fingerprint density at radius 2 is 1.86 bits per heavy atom. The highest BCUT2D eigenvalue weighted by atomic mass is 35.5. The van der Waals surface area contributed by atoms with Gasteiger partial charge in [0.25, 0.3) is 5.56 Å². The summed E-state index contributed by atoms with van der Waals surface area (Å²) in [5, 5.41) is 1.08. The molecule has 2 aromatic heterocycles. The van der Waals surface area contributed by atoms with Crippen molar-refractivity contribution >= 4 is 32.5 Å². The minimum atomic E-state index is -3.67. The third kappa shape index (κ3) is 4.29. The van der Waals surface area contributed by atoms with Crippen molar-refractivity contribution in [2.24, 2.45) is 0 Å². The van der Waals surface area contributed by atoms with Crippen LogP contribution in [0.4, 0.5) is 0 Å². The molecule has 0 aliphatic carbocycles. The molecule has 0 saturated carbocycles. The molecular weight excluding hydrogens is 414 g/mol. The average molecular weight is 436 g/mol. The first kappa shape index (κ1) is 21.3. The Balaban J connectivity index is 2.02. The zero-order chi connectivity index (χ0) is 21.2. The Labute approximate surface area is 174 Å². The number of hydrogen-bond acceptors (Lipinski definition) is 5. The maximum atomic E-state index is 12.8. The predicted octanol–water partition coefficient (Wildman–Crippen LogP) is 3.14. The van der Waals surface area contributed by atoms with Gasteiger partial charge in [-0.2, -0.15) is 4.31 Å². The zero-order valence-corrected chi connectivity index (χ0v) is 18.0. The summed E-state index contributed by atoms with van der Waals surface area (Å²) in [6.07, 6.45) is 1.35. The van der Waals surface area contributed by atoms with Gasteiger partial charge < -0.3 is 9.30 Å². The van der Waals surface area contributed by atoms with E-state index in [-0.39, 0.29) is 22.2 Å². The van der Waals surface area contributed by atoms with Crippen LogP contribution in [0, 0.1) is 0 Å². The fourth-order valence-corrected chi connectivity index (χ4v) is 4.77. The largest absolute Gasteiger partial charge is 0.497 e. The first-order valence-corrected chi connectivity index (χ1v) is 11.0. The van der Waals surface area contributed by atoms with Crippen molar-refractivity contribution in [1.29, 1.82) is 0 Å². The van der Waals surface area contributed by atoms with Crippen LogP contribution in [0.3, 0.4) is 0 Å². The first-order chi connectivity index (χ1) is 13.8. The Kier molecular flexibility index (Phi) is 6.26. The Morgan fingerprint density at radius 1 is 1.14 bits per heavy atom. The van der Waals surface area contributed by atoms with Gasteiger partial charge in [-0.05, 0) is 24.3 Å². The van der Waals surface area contributed by atoms with Crippen LogP contribution in [-0.2, 0) is 16.6 Å². The van der Waals surface area contributed by atoms with E-state index in [0.29, 0.717) is 29.9 Å². The molecule has 0 spiro atoms. The van der Waals surface area contributed by atoms with Crippen molar-refractivity contribution in [1.82, 2.24) is 13.9 Å². The summed E-state index contributed by atoms with van der Waals surface area (Å²) in [4.78, 5) is 16.8. The van der Waals surface area contributed by atoms with Gasteiger partial charge >= 0.3 is 0 Å². The van der Waals surface area contributed by atoms with Gasteiger partial charge in [-0.15, -0.1) is 0 Å². The number of aromatic nitrogens is 2. The fraction of sp³-hybridized carbons (Fsp3) is 0.300. The van der Waals surface area contributed by atoms with Gasteiger partial charge in [0.05, 0.1) is 24.1 Å². The molecule has 0 aliphatic rings. The molecule has 1 aromatic carbocycles. The molecule has 3 aromatic rings. The van der Waals surface area contributed by atoms with Gasteiger partial charge in [-0.3, -0.25) is 4.79 Å². The standard InChI is InChI=1S/C20H22ClN3O4S/c1-4-24(5-2)29(26,27)17-8-9-19(25)23(13-17)12-15-10-14-6-7-16(28-3)11-18(14)22-20(15)21/h6-11,13H,4-5,12H2,1-3H3. The van der Waals surface area contributed by atoms with Crippen LogP contribution in [-0.4, -0.2) is 42.5 Å². The minimum Gasteiger partial charge on any atom is -0.497 e. The van der Waals surface area contributed by atoms with E-state index < -0.39 is 10.0 Å². The van der Waals surface area contributed by atoms with Crippen molar-refractivity contribution in [2.75, 3.05) is 20.2 Å². The van der Waals surface area contributed by atoms with Crippen molar-refractivity contribution in [3.63, 3.8) is 0 Å². The molecule has 0 unspecified atom stereocenters. The molecule has 0 radical (unpaired) electrons. The number of rotatable bonds is 7. The van der Waals surface area contributed by atoms with Crippen LogP contribution >= 0.6 is 11.6 Å². The van der Waals surface area contributed by atoms with E-state index in [1.54, 1.807) is 27.0 Å². The number of ether oxygens (including phenoxy) is 1. The van der Waals surface area contributed by atoms with E-state index in [2.05, 4.69) is 4.98 Å². The van der Waals surface area contributed by atoms with E-state index in [1.165, 1.54) is 27.2 Å². The quantitative estimate of drug-likeness (QED) is 0.532. The third-order valence-corrected chi connectivity index (χ3v) is 7.05. The number of hydrogen-bond donors (Lipinski definition) is 0. The number of methoxy groups -OCH3 is 1. The van der Waals surface area contributed by atoms with Gasteiger partial charge in [0, 0.05) is 42.4 Å². The van der Waals surface area contributed by atoms with E-state index in [9.17, 15) is 13.2 Å². The molecule has 0 N–H and O–H groups in total. The maximum absolute atomic E-state index is 12.8. The van der Waals surface area contributed by atoms with Gasteiger partial charge in [0.2, 0.25) is 10.0 Å². The highest BCUT2D eigenvalue weighted by molar-refractivity contribution is 7.89. The monoisotopic (exact) mass is 435 g/mol. The Bertz CT molecular complexity index is 1200. The minimum absolute atomic E-state index is 0.0652. The van der Waals surface area contributed by atoms with Crippen LogP contribution in [0.15, 0.2) is 52.3 Å². The first-order valence-electron chi connectivity index (χ1n) is 9.14. The summed E-state index contributed by atoms with van der Waals surface area (Å²) >= 11 is 6.33. The number of nitrogens with zero attached hydrogens (tertiary/aromatic N) is 3. The topological polar surface area (TPSA) is 81.5 Å². The number of fused-ring (bicyclic) bond motifs is 1. The summed E-state index contributed by atoms with van der Waals surface area (Å²) in [7, 11) is -2.10. The van der Waals surface area contributed by atoms with E-state index in [1.807, 2.05) is 18.2 Å². The fourth-order valence-electron chi connectivity index (χ4n) is 3.09. The summed E-state index contributed by atoms with van der Waals surface area (Å²) in [5.74, 6) is 0.666. The van der Waals surface area contributed by atoms with E-state index >= 15 is 0 Å². The number of sulfonamides is 1. The SMILES string of the molecule is CCN(CC)S(=O)(=O)c1ccc(=O)n(Cc2cc3ccc(OC)cc3nc2Cl)c1. The van der Waals surface area contributed by atoms with Gasteiger partial charge in [-0.1, -0.05) is 25.4 Å². The smallest absolute Gasteiger partial charge is 0.250 e. The number of benzene rings is 1. The molecule has 2 heterocycles. The summed E-state index contributed by atoms with van der Waals surface area (Å²) < 4.78 is 33.4. The average Bonchev–Trinajstić information content (AvgIpc) is 2.70. The molecule has 0 amide bonds. The predicted molar refractivity (Wildman–Crippen MR) is 113 cm³/mol. The molecule has 7 nitrogen and oxygen atoms in total. The molecule has 0 saturated heterocycles. The molecular formula is C20H22ClN3O4S. The molecule has 0 aliphatic heterocycles. The summed E-state index contributed by atoms with van der Waals surface area (Å²) in [6.45, 7) is 4.34. The summed E-state index contributed by atoms with van der Waals surface area (Å²) in [6, 6.07) is 9.86. The van der Waals surface area contributed by atoms with Gasteiger partial charge in [0.1, 0.15) is 10.9 Å². The zero-order valence-electron chi connectivity index (χ0n) is 16.4. The van der Waals surface area contributed by atoms with Crippen molar-refractivity contribution in [2.45, 2.75) is 25.3 Å². The normalized spacial score (nSPS) is 11.9. The second-order valence-electron chi connectivity index (χ2n) is 6.42. The lowest BCUT2D eigenvalue weighted by molar-refractivity contribution is 0.415. The molecule has 3 rings (SSSR count). The molecule has 9 heteroatoms. The maximum Gasteiger partial charge on any atom is 0.250 e. The lowest BCUT2D eigenvalue weighted by Crippen LogP contribution is -2.32. The molecule has 0 atom stereocenters. The van der Waals surface area contributed by atoms with Crippen LogP contribution in [0.1, 0.15) is 19.4 Å². The lowest BCUT2D eigenvalue weighted by atomic mass is 10.1. The van der Waals surface area contributed by atoms with Gasteiger partial charge in [0.15, 0.2) is 0 Å². The lowest BCUT2D eigenvalue weighted by Gasteiger charge is -2.19. The third-order valence-electron chi connectivity index (χ3n) is 4.69. The Hall–Kier alpha value is -2.42. The van der Waals surface area contributed by atoms with E-state index in [4.69, 9.17) is 16.3 Å².